The first-order valence-corrected chi connectivity index (χ1v) is 7.83. The van der Waals surface area contributed by atoms with E-state index in [9.17, 15) is 0 Å². The highest BCUT2D eigenvalue weighted by Crippen LogP contribution is 2.35. The molecule has 0 bridgehead atoms. The minimum absolute atomic E-state index is 1.02. The van der Waals surface area contributed by atoms with E-state index in [0.29, 0.717) is 0 Å². The van der Waals surface area contributed by atoms with Gasteiger partial charge in [0, 0.05) is 17.9 Å². The second-order valence-electron chi connectivity index (χ2n) is 5.93. The molecular weight excluding hydrogens is 256 g/mol. The smallest absolute Gasteiger partial charge is 0.230 e. The molecule has 3 aromatic rings. The Bertz CT molecular complexity index is 897. The van der Waals surface area contributed by atoms with E-state index in [1.807, 2.05) is 0 Å². The Morgan fingerprint density at radius 1 is 1.19 bits per heavy atom. The van der Waals surface area contributed by atoms with Crippen molar-refractivity contribution in [3.63, 3.8) is 0 Å². The zero-order valence-electron chi connectivity index (χ0n) is 13.0. The van der Waals surface area contributed by atoms with Crippen LogP contribution in [-0.4, -0.2) is 4.57 Å². The van der Waals surface area contributed by atoms with Crippen LogP contribution in [0.2, 0.25) is 0 Å². The largest absolute Gasteiger partial charge is 0.254 e. The molecule has 1 aliphatic carbocycles. The van der Waals surface area contributed by atoms with E-state index >= 15 is 0 Å². The van der Waals surface area contributed by atoms with Crippen LogP contribution < -0.4 is 4.57 Å². The molecule has 0 N–H and O–H groups in total. The van der Waals surface area contributed by atoms with Gasteiger partial charge in [-0.1, -0.05) is 30.4 Å². The number of imidazole rings is 1. The molecule has 106 valence electrons. The van der Waals surface area contributed by atoms with Gasteiger partial charge in [0.05, 0.1) is 13.6 Å². The van der Waals surface area contributed by atoms with E-state index < -0.39 is 0 Å². The fraction of sp³-hybridized carbons (Fsp3) is 0.316. The fourth-order valence-electron chi connectivity index (χ4n) is 3.88. The molecule has 0 atom stereocenters. The minimum atomic E-state index is 1.02. The van der Waals surface area contributed by atoms with Crippen molar-refractivity contribution in [2.45, 2.75) is 33.2 Å². The lowest BCUT2D eigenvalue weighted by molar-refractivity contribution is -0.652. The predicted octanol–water partition coefficient (Wildman–Crippen LogP) is 3.91. The monoisotopic (exact) mass is 277 g/mol. The molecule has 0 spiro atoms. The first kappa shape index (κ1) is 12.6. The Balaban J connectivity index is 2.35. The average molecular weight is 277 g/mol. The lowest BCUT2D eigenvalue weighted by Gasteiger charge is -2.14. The molecule has 0 amide bonds. The van der Waals surface area contributed by atoms with Crippen molar-refractivity contribution in [1.29, 1.82) is 0 Å². The number of hydrogen-bond acceptors (Lipinski definition) is 0. The van der Waals surface area contributed by atoms with Gasteiger partial charge in [-0.25, -0.2) is 9.13 Å². The number of rotatable bonds is 1. The number of aromatic nitrogens is 2. The van der Waals surface area contributed by atoms with Crippen molar-refractivity contribution < 1.29 is 4.57 Å². The van der Waals surface area contributed by atoms with Crippen LogP contribution in [0.3, 0.4) is 0 Å². The molecule has 2 nitrogen and oxygen atoms in total. The Hall–Kier alpha value is -2.09. The molecule has 0 fully saturated rings. The van der Waals surface area contributed by atoms with Gasteiger partial charge in [0.1, 0.15) is 0 Å². The van der Waals surface area contributed by atoms with Crippen LogP contribution >= 0.6 is 0 Å². The summed E-state index contributed by atoms with van der Waals surface area (Å²) in [5, 5.41) is 2.77. The second kappa shape index (κ2) is 4.45. The Kier molecular flexibility index (Phi) is 2.68. The average Bonchev–Trinajstić information content (AvgIpc) is 2.79. The van der Waals surface area contributed by atoms with Crippen LogP contribution in [0.25, 0.3) is 27.9 Å². The molecule has 0 saturated heterocycles. The normalized spacial score (nSPS) is 14.0. The first-order chi connectivity index (χ1) is 10.2. The van der Waals surface area contributed by atoms with Gasteiger partial charge in [-0.2, -0.15) is 0 Å². The Morgan fingerprint density at radius 3 is 2.71 bits per heavy atom. The highest BCUT2D eigenvalue weighted by atomic mass is 15.1. The van der Waals surface area contributed by atoms with Gasteiger partial charge in [0.15, 0.2) is 11.0 Å². The van der Waals surface area contributed by atoms with Gasteiger partial charge < -0.3 is 0 Å². The molecule has 2 heteroatoms. The maximum Gasteiger partial charge on any atom is 0.254 e. The quantitative estimate of drug-likeness (QED) is 0.596. The van der Waals surface area contributed by atoms with E-state index in [2.05, 4.69) is 66.4 Å². The van der Waals surface area contributed by atoms with Crippen LogP contribution in [0.15, 0.2) is 30.3 Å². The number of nitrogens with zero attached hydrogens (tertiary/aromatic N) is 2. The van der Waals surface area contributed by atoms with Crippen molar-refractivity contribution in [3.8, 4) is 0 Å². The lowest BCUT2D eigenvalue weighted by atomic mass is 9.90. The molecular formula is C19H21N2+. The van der Waals surface area contributed by atoms with E-state index in [4.69, 9.17) is 0 Å². The van der Waals surface area contributed by atoms with Crippen molar-refractivity contribution in [1.82, 2.24) is 4.57 Å². The number of benzene rings is 2. The molecule has 21 heavy (non-hydrogen) atoms. The van der Waals surface area contributed by atoms with Crippen LogP contribution in [-0.2, 0) is 20.0 Å². The molecule has 4 rings (SSSR count). The van der Waals surface area contributed by atoms with Gasteiger partial charge >= 0.3 is 0 Å². The number of aryl methyl sites for hydroxylation is 3. The fourth-order valence-corrected chi connectivity index (χ4v) is 3.88. The lowest BCUT2D eigenvalue weighted by Crippen LogP contribution is -2.32. The van der Waals surface area contributed by atoms with Crippen LogP contribution in [0.1, 0.15) is 30.3 Å². The van der Waals surface area contributed by atoms with E-state index in [1.165, 1.54) is 38.8 Å². The summed E-state index contributed by atoms with van der Waals surface area (Å²) in [5.74, 6) is 1.33. The second-order valence-corrected chi connectivity index (χ2v) is 5.93. The molecule has 0 radical (unpaired) electrons. The zero-order chi connectivity index (χ0) is 14.6. The molecule has 0 unspecified atom stereocenters. The number of fused-ring (bicyclic) bond motifs is 6. The third-order valence-electron chi connectivity index (χ3n) is 4.95. The first-order valence-electron chi connectivity index (χ1n) is 7.83. The molecule has 0 saturated carbocycles. The maximum absolute atomic E-state index is 2.45. The summed E-state index contributed by atoms with van der Waals surface area (Å²) < 4.78 is 4.83. The third-order valence-corrected chi connectivity index (χ3v) is 4.95. The van der Waals surface area contributed by atoms with Crippen LogP contribution in [0.5, 0.6) is 0 Å². The molecule has 2 aromatic carbocycles. The van der Waals surface area contributed by atoms with Crippen LogP contribution in [0, 0.1) is 6.92 Å². The molecule has 1 aliphatic rings. The third kappa shape index (κ3) is 1.56. The standard InChI is InChI=1S/C19H21N2/c1-4-21-13(2)20(3)18-16-11-7-5-9-14(16)15-10-6-8-12-17(15)19(18)21/h5-6,8-10,12H,4,7,11H2,1-3H3/q+1. The van der Waals surface area contributed by atoms with Gasteiger partial charge in [0.2, 0.25) is 0 Å². The van der Waals surface area contributed by atoms with Crippen LogP contribution in [0.4, 0.5) is 0 Å². The van der Waals surface area contributed by atoms with E-state index in [-0.39, 0.29) is 0 Å². The molecule has 1 heterocycles. The van der Waals surface area contributed by atoms with Crippen molar-refractivity contribution >= 4 is 27.9 Å². The van der Waals surface area contributed by atoms with Gasteiger partial charge in [-0.15, -0.1) is 0 Å². The summed E-state index contributed by atoms with van der Waals surface area (Å²) in [4.78, 5) is 0. The summed E-state index contributed by atoms with van der Waals surface area (Å²) in [5.41, 5.74) is 5.77. The highest BCUT2D eigenvalue weighted by Gasteiger charge is 2.26. The summed E-state index contributed by atoms with van der Waals surface area (Å²) in [6.07, 6.45) is 6.93. The Morgan fingerprint density at radius 2 is 1.95 bits per heavy atom. The molecule has 1 aromatic heterocycles. The van der Waals surface area contributed by atoms with Gasteiger partial charge in [0.25, 0.3) is 5.82 Å². The summed E-state index contributed by atoms with van der Waals surface area (Å²) in [6, 6.07) is 8.85. The summed E-state index contributed by atoms with van der Waals surface area (Å²) in [6.45, 7) is 5.48. The zero-order valence-corrected chi connectivity index (χ0v) is 13.0. The predicted molar refractivity (Wildman–Crippen MR) is 88.4 cm³/mol. The minimum Gasteiger partial charge on any atom is -0.230 e. The highest BCUT2D eigenvalue weighted by molar-refractivity contribution is 6.09. The summed E-state index contributed by atoms with van der Waals surface area (Å²) in [7, 11) is 2.21. The van der Waals surface area contributed by atoms with Crippen molar-refractivity contribution in [3.05, 3.63) is 47.3 Å². The van der Waals surface area contributed by atoms with Crippen molar-refractivity contribution in [2.75, 3.05) is 0 Å². The molecule has 0 aliphatic heterocycles. The van der Waals surface area contributed by atoms with E-state index in [0.717, 1.165) is 19.4 Å². The van der Waals surface area contributed by atoms with E-state index in [1.54, 1.807) is 0 Å². The SMILES string of the molecule is CCn1c(C)[n+](C)c2c3c(c4ccccc4c21)C=CCC3. The van der Waals surface area contributed by atoms with Gasteiger partial charge in [-0.05, 0) is 36.8 Å². The number of allylic oxidation sites excluding steroid dienone is 1. The Labute approximate surface area is 125 Å². The van der Waals surface area contributed by atoms with Crippen molar-refractivity contribution in [2.24, 2.45) is 7.05 Å². The number of hydrogen-bond donors (Lipinski definition) is 0. The summed E-state index contributed by atoms with van der Waals surface area (Å²) >= 11 is 0. The maximum atomic E-state index is 2.45. The topological polar surface area (TPSA) is 8.81 Å². The van der Waals surface area contributed by atoms with Gasteiger partial charge in [-0.3, -0.25) is 0 Å².